The number of aromatic nitrogens is 3. The maximum atomic E-state index is 11.9. The molecule has 0 saturated heterocycles. The van der Waals surface area contributed by atoms with Gasteiger partial charge < -0.3 is 4.42 Å². The van der Waals surface area contributed by atoms with Gasteiger partial charge in [-0.1, -0.05) is 5.21 Å². The lowest BCUT2D eigenvalue weighted by atomic mass is 10.1. The molecule has 0 aromatic carbocycles. The van der Waals surface area contributed by atoms with Crippen LogP contribution in [0, 0.1) is 0 Å². The van der Waals surface area contributed by atoms with Crippen LogP contribution in [0.4, 0.5) is 0 Å². The van der Waals surface area contributed by atoms with Gasteiger partial charge in [0.15, 0.2) is 10.4 Å². The second kappa shape index (κ2) is 4.61. The first-order valence-corrected chi connectivity index (χ1v) is 5.58. The van der Waals surface area contributed by atoms with Crippen molar-refractivity contribution >= 4 is 21.7 Å². The lowest BCUT2D eigenvalue weighted by Crippen LogP contribution is -2.08. The fourth-order valence-corrected chi connectivity index (χ4v) is 1.99. The number of Topliss-reactive ketones (excluding diaryl/α,β-unsaturated/α-hetero) is 1. The predicted octanol–water partition coefficient (Wildman–Crippen LogP) is 1.99. The molecule has 0 aliphatic heterocycles. The summed E-state index contributed by atoms with van der Waals surface area (Å²) in [6, 6.07) is 3.66. The van der Waals surface area contributed by atoms with Crippen LogP contribution < -0.4 is 0 Å². The van der Waals surface area contributed by atoms with Crippen LogP contribution in [0.1, 0.15) is 22.7 Å². The molecule has 0 unspecified atom stereocenters. The number of nitrogens with zero attached hydrogens (tertiary/aromatic N) is 3. The minimum atomic E-state index is -0.00391. The Kier molecular flexibility index (Phi) is 3.19. The van der Waals surface area contributed by atoms with Crippen molar-refractivity contribution in [1.82, 2.24) is 15.0 Å². The summed E-state index contributed by atoms with van der Waals surface area (Å²) >= 11 is 3.20. The number of carbonyl (C=O) groups is 1. The molecule has 16 heavy (non-hydrogen) atoms. The van der Waals surface area contributed by atoms with Crippen LogP contribution in [0.25, 0.3) is 0 Å². The first-order valence-electron chi connectivity index (χ1n) is 4.79. The van der Waals surface area contributed by atoms with E-state index >= 15 is 0 Å². The maximum Gasteiger partial charge on any atom is 0.184 e. The number of ketones is 1. The molecule has 5 nitrogen and oxygen atoms in total. The van der Waals surface area contributed by atoms with Crippen LogP contribution in [0.15, 0.2) is 27.4 Å². The Labute approximate surface area is 101 Å². The topological polar surface area (TPSA) is 60.9 Å². The van der Waals surface area contributed by atoms with Crippen LogP contribution in [-0.4, -0.2) is 20.8 Å². The standard InChI is InChI=1S/C10H10BrN3O2/c1-14-9(10(11)12-13-14)8(15)5-4-7-3-2-6-16-7/h2-3,6H,4-5H2,1H3. The zero-order chi connectivity index (χ0) is 11.5. The number of rotatable bonds is 4. The Morgan fingerprint density at radius 2 is 2.44 bits per heavy atom. The molecule has 0 bridgehead atoms. The molecule has 0 atom stereocenters. The van der Waals surface area contributed by atoms with Gasteiger partial charge in [-0.3, -0.25) is 4.79 Å². The molecule has 2 aromatic rings. The quantitative estimate of drug-likeness (QED) is 0.805. The summed E-state index contributed by atoms with van der Waals surface area (Å²) in [4.78, 5) is 11.9. The molecular weight excluding hydrogens is 274 g/mol. The van der Waals surface area contributed by atoms with Crippen LogP contribution in [-0.2, 0) is 13.5 Å². The van der Waals surface area contributed by atoms with Gasteiger partial charge >= 0.3 is 0 Å². The number of hydrogen-bond donors (Lipinski definition) is 0. The summed E-state index contributed by atoms with van der Waals surface area (Å²) in [6.45, 7) is 0. The Balaban J connectivity index is 2.04. The number of furan rings is 1. The summed E-state index contributed by atoms with van der Waals surface area (Å²) in [5.74, 6) is 0.801. The molecule has 2 aromatic heterocycles. The van der Waals surface area contributed by atoms with Gasteiger partial charge in [-0.05, 0) is 28.1 Å². The fraction of sp³-hybridized carbons (Fsp3) is 0.300. The van der Waals surface area contributed by atoms with E-state index in [2.05, 4.69) is 26.2 Å². The number of carbonyl (C=O) groups excluding carboxylic acids is 1. The lowest BCUT2D eigenvalue weighted by Gasteiger charge is -1.99. The third kappa shape index (κ3) is 2.21. The molecule has 0 aliphatic carbocycles. The van der Waals surface area contributed by atoms with E-state index in [1.807, 2.05) is 6.07 Å². The Hall–Kier alpha value is -1.43. The summed E-state index contributed by atoms with van der Waals surface area (Å²) in [5.41, 5.74) is 0.492. The maximum absolute atomic E-state index is 11.9. The van der Waals surface area contributed by atoms with Crippen LogP contribution in [0.5, 0.6) is 0 Å². The number of hydrogen-bond acceptors (Lipinski definition) is 4. The van der Waals surface area contributed by atoms with Gasteiger partial charge in [0.05, 0.1) is 6.26 Å². The SMILES string of the molecule is Cn1nnc(Br)c1C(=O)CCc1ccco1. The second-order valence-electron chi connectivity index (χ2n) is 3.36. The normalized spacial score (nSPS) is 10.6. The molecule has 6 heteroatoms. The van der Waals surface area contributed by atoms with Crippen molar-refractivity contribution in [3.05, 3.63) is 34.5 Å². The molecule has 0 fully saturated rings. The third-order valence-corrected chi connectivity index (χ3v) is 2.76. The predicted molar refractivity (Wildman–Crippen MR) is 60.1 cm³/mol. The van der Waals surface area contributed by atoms with E-state index in [9.17, 15) is 4.79 Å². The van der Waals surface area contributed by atoms with E-state index < -0.39 is 0 Å². The molecule has 0 spiro atoms. The Morgan fingerprint density at radius 1 is 1.62 bits per heavy atom. The number of halogens is 1. The van der Waals surface area contributed by atoms with Crippen molar-refractivity contribution in [1.29, 1.82) is 0 Å². The van der Waals surface area contributed by atoms with Gasteiger partial charge in [0, 0.05) is 19.9 Å². The first-order chi connectivity index (χ1) is 7.68. The molecule has 0 amide bonds. The van der Waals surface area contributed by atoms with E-state index in [1.165, 1.54) is 4.68 Å². The molecule has 0 N–H and O–H groups in total. The molecular formula is C10H10BrN3O2. The highest BCUT2D eigenvalue weighted by Gasteiger charge is 2.16. The molecule has 84 valence electrons. The molecule has 2 rings (SSSR count). The minimum absolute atomic E-state index is 0.00391. The van der Waals surface area contributed by atoms with Crippen LogP contribution in [0.2, 0.25) is 0 Å². The van der Waals surface area contributed by atoms with E-state index in [1.54, 1.807) is 19.4 Å². The van der Waals surface area contributed by atoms with Crippen molar-refractivity contribution in [3.8, 4) is 0 Å². The average molecular weight is 284 g/mol. The zero-order valence-electron chi connectivity index (χ0n) is 8.68. The van der Waals surface area contributed by atoms with Gasteiger partial charge in [0.1, 0.15) is 11.5 Å². The van der Waals surface area contributed by atoms with E-state index in [4.69, 9.17) is 4.42 Å². The Morgan fingerprint density at radius 3 is 3.00 bits per heavy atom. The van der Waals surface area contributed by atoms with Gasteiger partial charge in [-0.25, -0.2) is 4.68 Å². The summed E-state index contributed by atoms with van der Waals surface area (Å²) in [7, 11) is 1.69. The van der Waals surface area contributed by atoms with E-state index in [0.29, 0.717) is 23.1 Å². The zero-order valence-corrected chi connectivity index (χ0v) is 10.3. The van der Waals surface area contributed by atoms with Gasteiger partial charge in [-0.15, -0.1) is 5.10 Å². The van der Waals surface area contributed by atoms with Crippen molar-refractivity contribution in [2.75, 3.05) is 0 Å². The van der Waals surface area contributed by atoms with Gasteiger partial charge in [0.25, 0.3) is 0 Å². The van der Waals surface area contributed by atoms with Crippen molar-refractivity contribution in [2.45, 2.75) is 12.8 Å². The van der Waals surface area contributed by atoms with Crippen molar-refractivity contribution in [3.63, 3.8) is 0 Å². The summed E-state index contributed by atoms with van der Waals surface area (Å²) < 4.78 is 7.11. The minimum Gasteiger partial charge on any atom is -0.469 e. The highest BCUT2D eigenvalue weighted by Crippen LogP contribution is 2.15. The monoisotopic (exact) mass is 283 g/mol. The third-order valence-electron chi connectivity index (χ3n) is 2.23. The van der Waals surface area contributed by atoms with Gasteiger partial charge in [0.2, 0.25) is 0 Å². The lowest BCUT2D eigenvalue weighted by molar-refractivity contribution is 0.0971. The highest BCUT2D eigenvalue weighted by molar-refractivity contribution is 9.10. The molecule has 0 aliphatic rings. The van der Waals surface area contributed by atoms with E-state index in [-0.39, 0.29) is 5.78 Å². The summed E-state index contributed by atoms with van der Waals surface area (Å²) in [6.07, 6.45) is 2.57. The molecule has 0 saturated carbocycles. The van der Waals surface area contributed by atoms with Crippen LogP contribution in [0.3, 0.4) is 0 Å². The number of aryl methyl sites for hydroxylation is 2. The Bertz CT molecular complexity index is 471. The fourth-order valence-electron chi connectivity index (χ4n) is 1.44. The van der Waals surface area contributed by atoms with Gasteiger partial charge in [-0.2, -0.15) is 0 Å². The largest absolute Gasteiger partial charge is 0.469 e. The first kappa shape index (κ1) is 11.1. The highest BCUT2D eigenvalue weighted by atomic mass is 79.9. The smallest absolute Gasteiger partial charge is 0.184 e. The van der Waals surface area contributed by atoms with E-state index in [0.717, 1.165) is 5.76 Å². The van der Waals surface area contributed by atoms with Crippen molar-refractivity contribution < 1.29 is 9.21 Å². The average Bonchev–Trinajstić information content (AvgIpc) is 2.86. The second-order valence-corrected chi connectivity index (χ2v) is 4.11. The summed E-state index contributed by atoms with van der Waals surface area (Å²) in [5, 5.41) is 7.53. The van der Waals surface area contributed by atoms with Crippen LogP contribution >= 0.6 is 15.9 Å². The molecule has 2 heterocycles. The van der Waals surface area contributed by atoms with Crippen molar-refractivity contribution in [2.24, 2.45) is 7.05 Å². The molecule has 0 radical (unpaired) electrons.